The van der Waals surface area contributed by atoms with Crippen LogP contribution < -0.4 is 0 Å². The van der Waals surface area contributed by atoms with Crippen molar-refractivity contribution in [2.45, 2.75) is 0 Å². The SMILES string of the molecule is [2H]c1c([2H])c([2H])c(-c2c([2H])c([2H])c3c([2H])c([2H])c4c(-c5c([2H])c([2H])c(-c6c([2H])c([2H])c7c([2H])c([2H])c8c(-c9c([2H])c([2H])c([2H])c([2H])c9[2H])c([2H])c([2H])c9c([2H])c([2H])c6c7c98)c6c5oc5c7c([2H])c([2H])c([2H])c([2H])c7c([2H])c([2H])c56)c([2H])c([2H])c5c([2H])c([2H])c2c3c54)c([2H])c1[2H]. The highest BCUT2D eigenvalue weighted by molar-refractivity contribution is 6.31. The van der Waals surface area contributed by atoms with Gasteiger partial charge in [-0.05, 0) is 121 Å². The molecule has 0 aliphatic carbocycles. The van der Waals surface area contributed by atoms with Gasteiger partial charge in [-0.15, -0.1) is 0 Å². The van der Waals surface area contributed by atoms with Crippen molar-refractivity contribution in [2.75, 3.05) is 0 Å². The fraction of sp³-hybridized carbons (Fsp3) is 0. The van der Waals surface area contributed by atoms with Crippen molar-refractivity contribution in [2.24, 2.45) is 0 Å². The van der Waals surface area contributed by atoms with Gasteiger partial charge in [0.25, 0.3) is 0 Å². The Balaban J connectivity index is 1.26. The molecule has 14 aromatic rings. The van der Waals surface area contributed by atoms with E-state index in [4.69, 9.17) is 22.2 Å². The van der Waals surface area contributed by atoms with Gasteiger partial charge in [0, 0.05) is 21.7 Å². The number of hydrogen-bond donors (Lipinski definition) is 0. The summed E-state index contributed by atoms with van der Waals surface area (Å²) in [5, 5.41) is -9.50. The van der Waals surface area contributed by atoms with Crippen LogP contribution in [0.1, 0.15) is 46.6 Å². The van der Waals surface area contributed by atoms with Crippen LogP contribution in [0.25, 0.3) is 142 Å². The molecule has 1 aromatic heterocycles. The van der Waals surface area contributed by atoms with Crippen molar-refractivity contribution in [3.63, 3.8) is 0 Å². The molecule has 0 aliphatic rings. The molecule has 13 aromatic carbocycles. The van der Waals surface area contributed by atoms with Gasteiger partial charge in [0.2, 0.25) is 0 Å². The zero-order valence-corrected chi connectivity index (χ0v) is 30.4. The first kappa shape index (κ1) is 14.3. The van der Waals surface area contributed by atoms with Crippen LogP contribution in [0.3, 0.4) is 0 Å². The zero-order chi connectivity index (χ0) is 69.3. The number of hydrogen-bond acceptors (Lipinski definition) is 1. The minimum Gasteiger partial charge on any atom is -0.455 e. The molecule has 0 atom stereocenters. The Bertz CT molecular complexity index is 6070. The Morgan fingerprint density at radius 3 is 1.15 bits per heavy atom. The van der Waals surface area contributed by atoms with E-state index in [9.17, 15) is 28.8 Å². The highest BCUT2D eigenvalue weighted by Crippen LogP contribution is 2.50. The van der Waals surface area contributed by atoms with Gasteiger partial charge in [0.1, 0.15) is 11.2 Å². The quantitative estimate of drug-likeness (QED) is 0.162. The molecular formula is C60H34O. The molecule has 280 valence electrons. The van der Waals surface area contributed by atoms with Gasteiger partial charge in [-0.1, -0.05) is 193 Å². The molecule has 0 amide bonds. The van der Waals surface area contributed by atoms with Gasteiger partial charge in [0.05, 0.1) is 46.6 Å². The minimum absolute atomic E-state index is 0.476. The summed E-state index contributed by atoms with van der Waals surface area (Å²) in [6.45, 7) is 0. The van der Waals surface area contributed by atoms with E-state index < -0.39 is 347 Å². The average molecular weight is 805 g/mol. The fourth-order valence-corrected chi connectivity index (χ4v) is 8.33. The second-order valence-corrected chi connectivity index (χ2v) is 14.0. The smallest absolute Gasteiger partial charge is 0.143 e. The summed E-state index contributed by atoms with van der Waals surface area (Å²) in [7, 11) is 0. The van der Waals surface area contributed by atoms with Crippen molar-refractivity contribution in [1.82, 2.24) is 0 Å². The van der Waals surface area contributed by atoms with Crippen LogP contribution in [-0.2, 0) is 0 Å². The number of furan rings is 1. The maximum absolute atomic E-state index is 10.3. The number of fused-ring (bicyclic) bond motifs is 5. The lowest BCUT2D eigenvalue weighted by atomic mass is 9.85. The molecule has 0 fully saturated rings. The van der Waals surface area contributed by atoms with E-state index in [0.717, 1.165) is 0 Å². The largest absolute Gasteiger partial charge is 0.455 e. The minimum atomic E-state index is -1.13. The van der Waals surface area contributed by atoms with E-state index in [1.54, 1.807) is 0 Å². The number of benzene rings is 13. The van der Waals surface area contributed by atoms with Crippen molar-refractivity contribution in [3.8, 4) is 44.5 Å². The van der Waals surface area contributed by atoms with Crippen LogP contribution in [-0.4, -0.2) is 0 Å². The van der Waals surface area contributed by atoms with Gasteiger partial charge in [-0.3, -0.25) is 0 Å². The molecule has 1 nitrogen and oxygen atoms in total. The second-order valence-electron chi connectivity index (χ2n) is 14.0. The monoisotopic (exact) mass is 804 g/mol. The van der Waals surface area contributed by atoms with Gasteiger partial charge in [-0.25, -0.2) is 0 Å². The fourth-order valence-electron chi connectivity index (χ4n) is 8.33. The average Bonchev–Trinajstić information content (AvgIpc) is 1.48. The molecule has 0 unspecified atom stereocenters. The first-order chi connectivity index (χ1) is 44.4. The van der Waals surface area contributed by atoms with Gasteiger partial charge < -0.3 is 4.42 Å². The first-order valence-corrected chi connectivity index (χ1v) is 18.4. The summed E-state index contributed by atoms with van der Waals surface area (Å²) < 4.78 is 322. The Kier molecular flexibility index (Phi) is 2.88. The second kappa shape index (κ2) is 12.3. The van der Waals surface area contributed by atoms with Crippen LogP contribution in [0.15, 0.2) is 210 Å². The summed E-state index contributed by atoms with van der Waals surface area (Å²) in [5.74, 6) is 0. The van der Waals surface area contributed by atoms with Crippen LogP contribution in [0.2, 0.25) is 0 Å². The van der Waals surface area contributed by atoms with Crippen LogP contribution >= 0.6 is 0 Å². The van der Waals surface area contributed by atoms with Gasteiger partial charge in [0.15, 0.2) is 0 Å². The molecule has 0 saturated carbocycles. The molecule has 0 saturated heterocycles. The molecule has 1 heteroatoms. The lowest BCUT2D eigenvalue weighted by Gasteiger charge is -2.18. The third kappa shape index (κ3) is 4.55. The summed E-state index contributed by atoms with van der Waals surface area (Å²) in [4.78, 5) is 0. The third-order valence-electron chi connectivity index (χ3n) is 10.9. The molecule has 0 aliphatic heterocycles. The standard InChI is InChI=1S/C60H34O/c1-3-9-35(10-4-1)42-24-16-38-22-30-49-45(26-18-40-20-28-47(42)54(38)56(40)49)51-33-34-52(60-58(51)53-32-15-37-13-7-8-14-44(37)59(53)61-60)46-27-19-41-21-29-48-43(36-11-5-2-6-12-36)25-17-39-23-31-50(46)57(41)55(39)48/h1-34H/i1D,2D,3D,4D,5D,6D,7D,8D,9D,10D,11D,12D,13D,14D,15D,16D,17D,18D,19D,20D,21D,22D,23D,24D,25D,26D,27D,28D,29D,30D,31D,32D,33D,34D. The molecular weight excluding hydrogens is 737 g/mol. The summed E-state index contributed by atoms with van der Waals surface area (Å²) in [6, 6.07) is -31.8. The topological polar surface area (TPSA) is 13.1 Å². The maximum atomic E-state index is 10.3. The Hall–Kier alpha value is -8.00. The molecule has 1 heterocycles. The van der Waals surface area contributed by atoms with Crippen molar-refractivity contribution in [3.05, 3.63) is 205 Å². The predicted molar refractivity (Wildman–Crippen MR) is 260 cm³/mol. The zero-order valence-electron chi connectivity index (χ0n) is 64.4. The van der Waals surface area contributed by atoms with E-state index in [1.807, 2.05) is 0 Å². The summed E-state index contributed by atoms with van der Waals surface area (Å²) >= 11 is 0. The maximum Gasteiger partial charge on any atom is 0.143 e. The molecule has 14 rings (SSSR count). The normalized spacial score (nSPS) is 20.1. The van der Waals surface area contributed by atoms with Crippen molar-refractivity contribution < 1.29 is 51.0 Å². The van der Waals surface area contributed by atoms with Gasteiger partial charge >= 0.3 is 0 Å². The molecule has 0 bridgehead atoms. The van der Waals surface area contributed by atoms with Crippen LogP contribution in [0.5, 0.6) is 0 Å². The first-order valence-electron chi connectivity index (χ1n) is 35.4. The van der Waals surface area contributed by atoms with Gasteiger partial charge in [-0.2, -0.15) is 0 Å². The van der Waals surface area contributed by atoms with E-state index in [0.29, 0.717) is 0 Å². The van der Waals surface area contributed by atoms with Crippen LogP contribution in [0.4, 0.5) is 0 Å². The van der Waals surface area contributed by atoms with E-state index in [2.05, 4.69) is 0 Å². The Morgan fingerprint density at radius 1 is 0.230 bits per heavy atom. The highest BCUT2D eigenvalue weighted by Gasteiger charge is 2.23. The Morgan fingerprint density at radius 2 is 0.607 bits per heavy atom. The van der Waals surface area contributed by atoms with Crippen LogP contribution in [0, 0.1) is 0 Å². The molecule has 61 heavy (non-hydrogen) atoms. The van der Waals surface area contributed by atoms with E-state index >= 15 is 0 Å². The third-order valence-corrected chi connectivity index (χ3v) is 10.9. The molecule has 0 radical (unpaired) electrons. The van der Waals surface area contributed by atoms with E-state index in [-0.39, 0.29) is 0 Å². The lowest BCUT2D eigenvalue weighted by Crippen LogP contribution is -1.91. The summed E-state index contributed by atoms with van der Waals surface area (Å²) in [6.07, 6.45) is 0. The molecule has 0 N–H and O–H groups in total. The lowest BCUT2D eigenvalue weighted by molar-refractivity contribution is 0.674. The number of rotatable bonds is 4. The highest BCUT2D eigenvalue weighted by atomic mass is 16.3. The van der Waals surface area contributed by atoms with Crippen molar-refractivity contribution >= 4 is 97.3 Å². The Labute approximate surface area is 398 Å². The van der Waals surface area contributed by atoms with E-state index in [1.165, 1.54) is 0 Å². The predicted octanol–water partition coefficient (Wildman–Crippen LogP) is 17.2. The summed E-state index contributed by atoms with van der Waals surface area (Å²) in [5.41, 5.74) is -7.57. The molecule has 0 spiro atoms. The van der Waals surface area contributed by atoms with Crippen molar-refractivity contribution in [1.29, 1.82) is 0 Å².